The topological polar surface area (TPSA) is 17.1 Å². The maximum Gasteiger partial charge on any atom is 0.136 e. The van der Waals surface area contributed by atoms with Crippen LogP contribution in [-0.4, -0.2) is 5.78 Å². The SMILES string of the molecule is C=C(C)c1ccc2c(c1)CCC(C(=O)CCC(C)C)C2. The molecule has 0 saturated carbocycles. The van der Waals surface area contributed by atoms with Crippen LogP contribution in [0.1, 0.15) is 56.7 Å². The molecule has 1 heteroatoms. The van der Waals surface area contributed by atoms with Gasteiger partial charge in [-0.05, 0) is 55.2 Å². The van der Waals surface area contributed by atoms with E-state index < -0.39 is 0 Å². The Balaban J connectivity index is 2.04. The van der Waals surface area contributed by atoms with E-state index in [0.29, 0.717) is 11.7 Å². The molecule has 1 aromatic rings. The third-order valence-electron chi connectivity index (χ3n) is 4.35. The molecule has 1 unspecified atom stereocenters. The summed E-state index contributed by atoms with van der Waals surface area (Å²) in [6.45, 7) is 10.4. The van der Waals surface area contributed by atoms with Crippen LogP contribution in [0.5, 0.6) is 0 Å². The number of carbonyl (C=O) groups excluding carboxylic acids is 1. The fourth-order valence-electron chi connectivity index (χ4n) is 2.93. The first-order valence-corrected chi connectivity index (χ1v) is 7.77. The number of benzene rings is 1. The highest BCUT2D eigenvalue weighted by atomic mass is 16.1. The molecule has 1 nitrogen and oxygen atoms in total. The summed E-state index contributed by atoms with van der Waals surface area (Å²) in [4.78, 5) is 12.3. The summed E-state index contributed by atoms with van der Waals surface area (Å²) < 4.78 is 0. The third-order valence-corrected chi connectivity index (χ3v) is 4.35. The number of aryl methyl sites for hydroxylation is 1. The molecular weight excluding hydrogens is 244 g/mol. The zero-order valence-corrected chi connectivity index (χ0v) is 13.0. The van der Waals surface area contributed by atoms with Gasteiger partial charge in [0, 0.05) is 12.3 Å². The lowest BCUT2D eigenvalue weighted by atomic mass is 9.79. The van der Waals surface area contributed by atoms with E-state index in [1.165, 1.54) is 16.7 Å². The average Bonchev–Trinajstić information content (AvgIpc) is 2.43. The van der Waals surface area contributed by atoms with Crippen LogP contribution in [0.3, 0.4) is 0 Å². The highest BCUT2D eigenvalue weighted by Crippen LogP contribution is 2.29. The highest BCUT2D eigenvalue weighted by Gasteiger charge is 2.24. The lowest BCUT2D eigenvalue weighted by Crippen LogP contribution is -2.23. The number of hydrogen-bond acceptors (Lipinski definition) is 1. The smallest absolute Gasteiger partial charge is 0.136 e. The zero-order valence-electron chi connectivity index (χ0n) is 13.0. The van der Waals surface area contributed by atoms with Crippen LogP contribution in [0.4, 0.5) is 0 Å². The number of rotatable bonds is 5. The molecule has 1 atom stereocenters. The van der Waals surface area contributed by atoms with E-state index in [-0.39, 0.29) is 5.92 Å². The maximum absolute atomic E-state index is 12.3. The quantitative estimate of drug-likeness (QED) is 0.749. The minimum atomic E-state index is 0.247. The summed E-state index contributed by atoms with van der Waals surface area (Å²) in [5.41, 5.74) is 5.12. The van der Waals surface area contributed by atoms with Gasteiger partial charge in [-0.15, -0.1) is 0 Å². The number of hydrogen-bond donors (Lipinski definition) is 0. The van der Waals surface area contributed by atoms with Crippen LogP contribution in [0.15, 0.2) is 24.8 Å². The van der Waals surface area contributed by atoms with Crippen molar-refractivity contribution in [2.45, 2.75) is 52.9 Å². The monoisotopic (exact) mass is 270 g/mol. The van der Waals surface area contributed by atoms with Crippen LogP contribution < -0.4 is 0 Å². The molecule has 108 valence electrons. The summed E-state index contributed by atoms with van der Waals surface area (Å²) in [6, 6.07) is 6.59. The first-order chi connectivity index (χ1) is 9.47. The lowest BCUT2D eigenvalue weighted by molar-refractivity contribution is -0.123. The minimum absolute atomic E-state index is 0.247. The van der Waals surface area contributed by atoms with Gasteiger partial charge in [-0.25, -0.2) is 0 Å². The Kier molecular flexibility index (Phi) is 4.80. The van der Waals surface area contributed by atoms with E-state index in [2.05, 4.69) is 38.6 Å². The molecule has 0 aliphatic heterocycles. The molecule has 1 aliphatic rings. The van der Waals surface area contributed by atoms with Crippen molar-refractivity contribution in [1.82, 2.24) is 0 Å². The molecule has 0 amide bonds. The first-order valence-electron chi connectivity index (χ1n) is 7.77. The Labute approximate surface area is 123 Å². The third kappa shape index (κ3) is 3.59. The van der Waals surface area contributed by atoms with Gasteiger partial charge in [0.05, 0.1) is 0 Å². The molecule has 20 heavy (non-hydrogen) atoms. The van der Waals surface area contributed by atoms with Gasteiger partial charge in [0.15, 0.2) is 0 Å². The zero-order chi connectivity index (χ0) is 14.7. The van der Waals surface area contributed by atoms with Crippen LogP contribution >= 0.6 is 0 Å². The minimum Gasteiger partial charge on any atom is -0.299 e. The predicted octanol–water partition coefficient (Wildman–Crippen LogP) is 4.83. The molecule has 0 saturated heterocycles. The van der Waals surface area contributed by atoms with Gasteiger partial charge in [0.25, 0.3) is 0 Å². The Hall–Kier alpha value is -1.37. The lowest BCUT2D eigenvalue weighted by Gasteiger charge is -2.24. The second kappa shape index (κ2) is 6.39. The van der Waals surface area contributed by atoms with Crippen molar-refractivity contribution in [1.29, 1.82) is 0 Å². The van der Waals surface area contributed by atoms with Crippen molar-refractivity contribution < 1.29 is 4.79 Å². The van der Waals surface area contributed by atoms with Crippen LogP contribution in [0.25, 0.3) is 5.57 Å². The molecule has 0 fully saturated rings. The summed E-state index contributed by atoms with van der Waals surface area (Å²) >= 11 is 0. The Morgan fingerprint density at radius 2 is 2.10 bits per heavy atom. The number of allylic oxidation sites excluding steroid dienone is 1. The fraction of sp³-hybridized carbons (Fsp3) is 0.526. The number of carbonyl (C=O) groups is 1. The van der Waals surface area contributed by atoms with Gasteiger partial charge in [-0.3, -0.25) is 4.79 Å². The number of Topliss-reactive ketones (excluding diaryl/α,β-unsaturated/α-hetero) is 1. The van der Waals surface area contributed by atoms with Crippen molar-refractivity contribution in [2.75, 3.05) is 0 Å². The van der Waals surface area contributed by atoms with Gasteiger partial charge in [0.1, 0.15) is 5.78 Å². The number of ketones is 1. The van der Waals surface area contributed by atoms with E-state index in [4.69, 9.17) is 0 Å². The van der Waals surface area contributed by atoms with Crippen LogP contribution in [0, 0.1) is 11.8 Å². The Bertz CT molecular complexity index is 510. The molecule has 0 spiro atoms. The van der Waals surface area contributed by atoms with Gasteiger partial charge in [0.2, 0.25) is 0 Å². The average molecular weight is 270 g/mol. The maximum atomic E-state index is 12.3. The van der Waals surface area contributed by atoms with E-state index in [0.717, 1.165) is 37.7 Å². The van der Waals surface area contributed by atoms with Gasteiger partial charge in [-0.2, -0.15) is 0 Å². The summed E-state index contributed by atoms with van der Waals surface area (Å²) in [5.74, 6) is 1.33. The van der Waals surface area contributed by atoms with E-state index in [9.17, 15) is 4.79 Å². The van der Waals surface area contributed by atoms with Crippen molar-refractivity contribution in [3.8, 4) is 0 Å². The Morgan fingerprint density at radius 1 is 1.35 bits per heavy atom. The molecule has 0 radical (unpaired) electrons. The van der Waals surface area contributed by atoms with Crippen molar-refractivity contribution in [3.63, 3.8) is 0 Å². The molecule has 0 N–H and O–H groups in total. The second-order valence-electron chi connectivity index (χ2n) is 6.60. The van der Waals surface area contributed by atoms with Crippen molar-refractivity contribution in [3.05, 3.63) is 41.5 Å². The molecule has 0 aromatic heterocycles. The fourth-order valence-corrected chi connectivity index (χ4v) is 2.93. The second-order valence-corrected chi connectivity index (χ2v) is 6.60. The summed E-state index contributed by atoms with van der Waals surface area (Å²) in [7, 11) is 0. The molecule has 0 heterocycles. The Morgan fingerprint density at radius 3 is 2.75 bits per heavy atom. The van der Waals surface area contributed by atoms with Gasteiger partial charge >= 0.3 is 0 Å². The standard InChI is InChI=1S/C19H26O/c1-13(2)5-10-19(20)18-9-8-16-11-15(14(3)4)6-7-17(16)12-18/h6-7,11,13,18H,3,5,8-10,12H2,1-2,4H3. The summed E-state index contributed by atoms with van der Waals surface area (Å²) in [6.07, 6.45) is 4.76. The predicted molar refractivity (Wildman–Crippen MR) is 85.7 cm³/mol. The molecule has 1 aromatic carbocycles. The first kappa shape index (κ1) is 15.0. The van der Waals surface area contributed by atoms with Crippen LogP contribution in [0.2, 0.25) is 0 Å². The highest BCUT2D eigenvalue weighted by molar-refractivity contribution is 5.81. The van der Waals surface area contributed by atoms with Gasteiger partial charge < -0.3 is 0 Å². The van der Waals surface area contributed by atoms with Crippen molar-refractivity contribution in [2.24, 2.45) is 11.8 Å². The van der Waals surface area contributed by atoms with Crippen LogP contribution in [-0.2, 0) is 17.6 Å². The van der Waals surface area contributed by atoms with E-state index >= 15 is 0 Å². The number of fused-ring (bicyclic) bond motifs is 1. The molecule has 1 aliphatic carbocycles. The molecular formula is C19H26O. The van der Waals surface area contributed by atoms with Gasteiger partial charge in [-0.1, -0.05) is 44.2 Å². The molecule has 0 bridgehead atoms. The van der Waals surface area contributed by atoms with E-state index in [1.807, 2.05) is 6.92 Å². The van der Waals surface area contributed by atoms with Crippen molar-refractivity contribution >= 4 is 11.4 Å². The molecule has 2 rings (SSSR count). The largest absolute Gasteiger partial charge is 0.299 e. The normalized spacial score (nSPS) is 17.9. The summed E-state index contributed by atoms with van der Waals surface area (Å²) in [5, 5.41) is 0. The van der Waals surface area contributed by atoms with E-state index in [1.54, 1.807) is 0 Å².